The normalized spacial score (nSPS) is 25.5. The Morgan fingerprint density at radius 3 is 2.39 bits per heavy atom. The van der Waals surface area contributed by atoms with E-state index in [4.69, 9.17) is 9.84 Å². The third-order valence-corrected chi connectivity index (χ3v) is 4.50. The molecule has 1 saturated heterocycles. The molecule has 0 aromatic carbocycles. The minimum atomic E-state index is -0.785. The van der Waals surface area contributed by atoms with Crippen LogP contribution in [0.5, 0.6) is 0 Å². The average Bonchev–Trinajstić information content (AvgIpc) is 3.04. The van der Waals surface area contributed by atoms with Crippen molar-refractivity contribution in [1.29, 1.82) is 0 Å². The molecule has 1 heterocycles. The summed E-state index contributed by atoms with van der Waals surface area (Å²) in [6.07, 6.45) is 15.9. The third kappa shape index (κ3) is 10.6. The number of carbonyl (C=O) groups is 1. The van der Waals surface area contributed by atoms with E-state index >= 15 is 0 Å². The summed E-state index contributed by atoms with van der Waals surface area (Å²) in [6.45, 7) is 1.87. The molecule has 1 fully saturated rings. The van der Waals surface area contributed by atoms with Gasteiger partial charge >= 0.3 is 5.97 Å². The highest BCUT2D eigenvalue weighted by Gasteiger charge is 2.35. The summed E-state index contributed by atoms with van der Waals surface area (Å²) in [5.41, 5.74) is 0. The second kappa shape index (κ2) is 14.3. The second-order valence-electron chi connectivity index (χ2n) is 6.92. The Hall–Kier alpha value is -1.73. The third-order valence-electron chi connectivity index (χ3n) is 4.50. The van der Waals surface area contributed by atoms with Crippen LogP contribution in [0.25, 0.3) is 0 Å². The monoisotopic (exact) mass is 394 g/mol. The molecule has 1 aliphatic heterocycles. The zero-order valence-electron chi connectivity index (χ0n) is 16.6. The molecule has 0 bridgehead atoms. The molecule has 1 rings (SSSR count). The van der Waals surface area contributed by atoms with Gasteiger partial charge in [0.25, 0.3) is 0 Å². The van der Waals surface area contributed by atoms with Gasteiger partial charge in [0.15, 0.2) is 0 Å². The van der Waals surface area contributed by atoms with Gasteiger partial charge in [-0.25, -0.2) is 0 Å². The van der Waals surface area contributed by atoms with Crippen molar-refractivity contribution in [3.05, 3.63) is 48.6 Å². The van der Waals surface area contributed by atoms with Gasteiger partial charge in [0.1, 0.15) is 6.10 Å². The minimum Gasteiger partial charge on any atom is -0.481 e. The van der Waals surface area contributed by atoms with E-state index in [0.717, 1.165) is 12.8 Å². The lowest BCUT2D eigenvalue weighted by Gasteiger charge is -2.16. The largest absolute Gasteiger partial charge is 0.481 e. The minimum absolute atomic E-state index is 0.157. The summed E-state index contributed by atoms with van der Waals surface area (Å²) >= 11 is 0. The van der Waals surface area contributed by atoms with Crippen molar-refractivity contribution < 1.29 is 30.0 Å². The molecule has 0 aromatic rings. The van der Waals surface area contributed by atoms with Gasteiger partial charge < -0.3 is 25.2 Å². The maximum atomic E-state index is 10.4. The van der Waals surface area contributed by atoms with Gasteiger partial charge in [-0.3, -0.25) is 4.79 Å². The first kappa shape index (κ1) is 24.3. The van der Waals surface area contributed by atoms with Gasteiger partial charge in [-0.2, -0.15) is 0 Å². The second-order valence-corrected chi connectivity index (χ2v) is 6.92. The van der Waals surface area contributed by atoms with Crippen molar-refractivity contribution in [2.24, 2.45) is 0 Å². The van der Waals surface area contributed by atoms with E-state index in [1.807, 2.05) is 43.4 Å². The summed E-state index contributed by atoms with van der Waals surface area (Å²) in [5, 5.41) is 38.3. The first-order valence-electron chi connectivity index (χ1n) is 9.98. The SMILES string of the molecule is CC[C@@H](O)/C=C/[C@H]1O[C@@H]([C@@H](O)C/C=C\C/C=C\C/C=C\CCC(=O)O)C[C@H]1O. The number of aliphatic hydroxyl groups excluding tert-OH is 3. The number of ether oxygens (including phenoxy) is 1. The molecule has 28 heavy (non-hydrogen) atoms. The van der Waals surface area contributed by atoms with Crippen LogP contribution in [0, 0.1) is 0 Å². The number of allylic oxidation sites excluding steroid dienone is 5. The van der Waals surface area contributed by atoms with Crippen LogP contribution in [0.3, 0.4) is 0 Å². The Kier molecular flexibility index (Phi) is 12.4. The highest BCUT2D eigenvalue weighted by molar-refractivity contribution is 5.66. The number of aliphatic hydroxyl groups is 3. The van der Waals surface area contributed by atoms with Gasteiger partial charge in [-0.15, -0.1) is 0 Å². The molecular formula is C22H34O6. The van der Waals surface area contributed by atoms with Crippen molar-refractivity contribution in [3.63, 3.8) is 0 Å². The number of carboxylic acids is 1. The molecule has 4 N–H and O–H groups in total. The lowest BCUT2D eigenvalue weighted by molar-refractivity contribution is -0.136. The smallest absolute Gasteiger partial charge is 0.303 e. The van der Waals surface area contributed by atoms with E-state index < -0.39 is 36.5 Å². The molecular weight excluding hydrogens is 360 g/mol. The summed E-state index contributed by atoms with van der Waals surface area (Å²) in [4.78, 5) is 10.4. The maximum Gasteiger partial charge on any atom is 0.303 e. The van der Waals surface area contributed by atoms with E-state index in [-0.39, 0.29) is 6.42 Å². The molecule has 0 aromatic heterocycles. The van der Waals surface area contributed by atoms with Crippen LogP contribution in [0.15, 0.2) is 48.6 Å². The first-order chi connectivity index (χ1) is 13.4. The maximum absolute atomic E-state index is 10.4. The molecule has 0 amide bonds. The fourth-order valence-corrected chi connectivity index (χ4v) is 2.77. The van der Waals surface area contributed by atoms with Gasteiger partial charge in [0.2, 0.25) is 0 Å². The molecule has 6 nitrogen and oxygen atoms in total. The molecule has 0 saturated carbocycles. The highest BCUT2D eigenvalue weighted by Crippen LogP contribution is 2.25. The van der Waals surface area contributed by atoms with Crippen molar-refractivity contribution in [3.8, 4) is 0 Å². The fraction of sp³-hybridized carbons (Fsp3) is 0.591. The number of aliphatic carboxylic acids is 1. The van der Waals surface area contributed by atoms with E-state index in [2.05, 4.69) is 0 Å². The summed E-state index contributed by atoms with van der Waals surface area (Å²) in [5.74, 6) is -0.785. The van der Waals surface area contributed by atoms with Gasteiger partial charge in [-0.1, -0.05) is 55.5 Å². The molecule has 158 valence electrons. The van der Waals surface area contributed by atoms with E-state index in [1.165, 1.54) is 0 Å². The Balaban J connectivity index is 2.22. The van der Waals surface area contributed by atoms with Gasteiger partial charge in [0, 0.05) is 12.8 Å². The zero-order valence-corrected chi connectivity index (χ0v) is 16.6. The quantitative estimate of drug-likeness (QED) is 0.358. The van der Waals surface area contributed by atoms with E-state index in [9.17, 15) is 20.1 Å². The van der Waals surface area contributed by atoms with E-state index in [1.54, 1.807) is 12.2 Å². The highest BCUT2D eigenvalue weighted by atomic mass is 16.5. The van der Waals surface area contributed by atoms with Crippen LogP contribution in [0.1, 0.15) is 51.9 Å². The summed E-state index contributed by atoms with van der Waals surface area (Å²) < 4.78 is 5.70. The van der Waals surface area contributed by atoms with Gasteiger partial charge in [0.05, 0.1) is 24.4 Å². The molecule has 6 heteroatoms. The van der Waals surface area contributed by atoms with Crippen LogP contribution in [0.2, 0.25) is 0 Å². The Bertz CT molecular complexity index is 551. The Morgan fingerprint density at radius 2 is 1.75 bits per heavy atom. The van der Waals surface area contributed by atoms with Crippen LogP contribution < -0.4 is 0 Å². The predicted molar refractivity (Wildman–Crippen MR) is 109 cm³/mol. The average molecular weight is 395 g/mol. The van der Waals surface area contributed by atoms with Crippen molar-refractivity contribution >= 4 is 5.97 Å². The van der Waals surface area contributed by atoms with Crippen LogP contribution in [-0.2, 0) is 9.53 Å². The number of rotatable bonds is 13. The molecule has 0 aliphatic carbocycles. The molecule has 0 spiro atoms. The zero-order chi connectivity index (χ0) is 20.8. The standard InChI is InChI=1S/C22H34O6/c1-2-17(23)14-15-20-19(25)16-21(28-20)18(24)12-10-8-6-4-3-5-7-9-11-13-22(26)27/h3-4,7-10,14-15,17-21,23-25H,2,5-6,11-13,16H2,1H3,(H,26,27)/b4-3-,9-7-,10-8-,15-14+/t17-,18+,19-,20-,21-/m1/s1. The first-order valence-corrected chi connectivity index (χ1v) is 9.98. The molecule has 0 unspecified atom stereocenters. The van der Waals surface area contributed by atoms with Crippen molar-refractivity contribution in [1.82, 2.24) is 0 Å². The van der Waals surface area contributed by atoms with Crippen LogP contribution in [0.4, 0.5) is 0 Å². The summed E-state index contributed by atoms with van der Waals surface area (Å²) in [6, 6.07) is 0. The van der Waals surface area contributed by atoms with Crippen LogP contribution >= 0.6 is 0 Å². The van der Waals surface area contributed by atoms with Gasteiger partial charge in [-0.05, 0) is 32.1 Å². The Morgan fingerprint density at radius 1 is 1.11 bits per heavy atom. The summed E-state index contributed by atoms with van der Waals surface area (Å²) in [7, 11) is 0. The van der Waals surface area contributed by atoms with Crippen molar-refractivity contribution in [2.75, 3.05) is 0 Å². The van der Waals surface area contributed by atoms with Crippen molar-refractivity contribution in [2.45, 2.75) is 82.4 Å². The Labute approximate surface area is 167 Å². The fourth-order valence-electron chi connectivity index (χ4n) is 2.77. The lowest BCUT2D eigenvalue weighted by atomic mass is 10.0. The topological polar surface area (TPSA) is 107 Å². The predicted octanol–water partition coefficient (Wildman–Crippen LogP) is 2.90. The lowest BCUT2D eigenvalue weighted by Crippen LogP contribution is -2.25. The number of carboxylic acid groups (broad SMARTS) is 1. The van der Waals surface area contributed by atoms with E-state index in [0.29, 0.717) is 25.7 Å². The molecule has 1 aliphatic rings. The molecule has 0 radical (unpaired) electrons. The number of hydrogen-bond acceptors (Lipinski definition) is 5. The number of hydrogen-bond donors (Lipinski definition) is 4. The van der Waals surface area contributed by atoms with Crippen LogP contribution in [-0.4, -0.2) is 56.9 Å². The molecule has 5 atom stereocenters.